The molecule has 3 nitrogen and oxygen atoms in total. The molecule has 86 valence electrons. The van der Waals surface area contributed by atoms with Crippen molar-refractivity contribution in [3.8, 4) is 0 Å². The van der Waals surface area contributed by atoms with Crippen LogP contribution < -0.4 is 5.56 Å². The van der Waals surface area contributed by atoms with E-state index in [0.29, 0.717) is 5.39 Å². The van der Waals surface area contributed by atoms with E-state index in [9.17, 15) is 4.79 Å². The topological polar surface area (TPSA) is 45.8 Å². The molecule has 5 heteroatoms. The second-order valence-electron chi connectivity index (χ2n) is 3.65. The van der Waals surface area contributed by atoms with Gasteiger partial charge in [0.25, 0.3) is 5.56 Å². The molecule has 0 fully saturated rings. The molecule has 0 spiro atoms. The Labute approximate surface area is 102 Å². The van der Waals surface area contributed by atoms with Gasteiger partial charge in [-0.2, -0.15) is 0 Å². The lowest BCUT2D eigenvalue weighted by Crippen LogP contribution is -2.07. The van der Waals surface area contributed by atoms with Crippen LogP contribution in [0.2, 0.25) is 0 Å². The number of nitrogens with one attached hydrogen (secondary N) is 1. The Hall–Kier alpha value is -0.810. The number of aromatic amines is 1. The fourth-order valence-electron chi connectivity index (χ4n) is 1.41. The van der Waals surface area contributed by atoms with E-state index >= 15 is 0 Å². The Kier molecular flexibility index (Phi) is 3.66. The van der Waals surface area contributed by atoms with Gasteiger partial charge in [0.05, 0.1) is 5.39 Å². The predicted octanol–water partition coefficient (Wildman–Crippen LogP) is 3.19. The van der Waals surface area contributed by atoms with Gasteiger partial charge in [0, 0.05) is 10.6 Å². The van der Waals surface area contributed by atoms with Crippen molar-refractivity contribution in [2.45, 2.75) is 31.8 Å². The molecule has 0 amide bonds. The molecule has 0 aliphatic heterocycles. The van der Waals surface area contributed by atoms with Crippen LogP contribution in [0.25, 0.3) is 10.2 Å². The molecule has 0 aliphatic rings. The molecule has 0 aliphatic carbocycles. The molecular formula is C11H14N2OS2. The van der Waals surface area contributed by atoms with Gasteiger partial charge in [-0.1, -0.05) is 25.1 Å². The van der Waals surface area contributed by atoms with E-state index in [4.69, 9.17) is 0 Å². The summed E-state index contributed by atoms with van der Waals surface area (Å²) in [7, 11) is 0. The molecule has 2 aromatic rings. The van der Waals surface area contributed by atoms with Gasteiger partial charge in [-0.25, -0.2) is 4.98 Å². The van der Waals surface area contributed by atoms with Crippen molar-refractivity contribution in [2.24, 2.45) is 0 Å². The average molecular weight is 254 g/mol. The van der Waals surface area contributed by atoms with Gasteiger partial charge in [0.2, 0.25) is 0 Å². The molecule has 0 unspecified atom stereocenters. The van der Waals surface area contributed by atoms with Crippen LogP contribution in [0, 0.1) is 6.92 Å². The third kappa shape index (κ3) is 2.47. The molecular weight excluding hydrogens is 240 g/mol. The van der Waals surface area contributed by atoms with E-state index in [1.54, 1.807) is 23.1 Å². The maximum Gasteiger partial charge on any atom is 0.260 e. The third-order valence-corrected chi connectivity index (χ3v) is 4.14. The summed E-state index contributed by atoms with van der Waals surface area (Å²) in [5.41, 5.74) is -0.0200. The number of thioether (sulfide) groups is 1. The Bertz CT molecular complexity index is 544. The Morgan fingerprint density at radius 2 is 2.38 bits per heavy atom. The van der Waals surface area contributed by atoms with Crippen LogP contribution in [0.5, 0.6) is 0 Å². The highest BCUT2D eigenvalue weighted by molar-refractivity contribution is 7.99. The first-order chi connectivity index (χ1) is 7.70. The molecule has 2 heterocycles. The highest BCUT2D eigenvalue weighted by Crippen LogP contribution is 2.22. The molecule has 0 saturated heterocycles. The average Bonchev–Trinajstić information content (AvgIpc) is 2.60. The van der Waals surface area contributed by atoms with Gasteiger partial charge < -0.3 is 4.98 Å². The minimum atomic E-state index is -0.0200. The summed E-state index contributed by atoms with van der Waals surface area (Å²) in [6, 6.07) is 1.90. The van der Waals surface area contributed by atoms with Gasteiger partial charge in [-0.05, 0) is 19.4 Å². The lowest BCUT2D eigenvalue weighted by atomic mass is 10.4. The van der Waals surface area contributed by atoms with Crippen molar-refractivity contribution in [3.63, 3.8) is 0 Å². The number of nitrogens with zero attached hydrogens (tertiary/aromatic N) is 1. The normalized spacial score (nSPS) is 11.1. The summed E-state index contributed by atoms with van der Waals surface area (Å²) < 4.78 is 0. The number of hydrogen-bond donors (Lipinski definition) is 1. The molecule has 0 saturated carbocycles. The standard InChI is InChI=1S/C11H14N2OS2/c1-3-4-5-15-11-12-9(14)8-6-7(2)16-10(8)13-11/h6H,3-5H2,1-2H3,(H,12,13,14). The molecule has 2 aromatic heterocycles. The van der Waals surface area contributed by atoms with Crippen LogP contribution in [0.1, 0.15) is 24.6 Å². The predicted molar refractivity (Wildman–Crippen MR) is 70.6 cm³/mol. The summed E-state index contributed by atoms with van der Waals surface area (Å²) in [5, 5.41) is 1.45. The monoisotopic (exact) mass is 254 g/mol. The van der Waals surface area contributed by atoms with Gasteiger partial charge in [0.15, 0.2) is 5.16 Å². The van der Waals surface area contributed by atoms with Gasteiger partial charge in [0.1, 0.15) is 4.83 Å². The van der Waals surface area contributed by atoms with Crippen LogP contribution in [0.4, 0.5) is 0 Å². The smallest absolute Gasteiger partial charge is 0.260 e. The highest BCUT2D eigenvalue weighted by atomic mass is 32.2. The lowest BCUT2D eigenvalue weighted by Gasteiger charge is -1.98. The van der Waals surface area contributed by atoms with Gasteiger partial charge >= 0.3 is 0 Å². The zero-order chi connectivity index (χ0) is 11.5. The van der Waals surface area contributed by atoms with E-state index in [2.05, 4.69) is 16.9 Å². The maximum atomic E-state index is 11.7. The first kappa shape index (κ1) is 11.7. The zero-order valence-electron chi connectivity index (χ0n) is 9.37. The van der Waals surface area contributed by atoms with Crippen molar-refractivity contribution in [2.75, 3.05) is 5.75 Å². The minimum Gasteiger partial charge on any atom is -0.301 e. The highest BCUT2D eigenvalue weighted by Gasteiger charge is 2.06. The fourth-order valence-corrected chi connectivity index (χ4v) is 3.30. The number of aromatic nitrogens is 2. The maximum absolute atomic E-state index is 11.7. The van der Waals surface area contributed by atoms with Crippen LogP contribution in [-0.4, -0.2) is 15.7 Å². The van der Waals surface area contributed by atoms with E-state index in [1.807, 2.05) is 13.0 Å². The van der Waals surface area contributed by atoms with E-state index in [0.717, 1.165) is 33.5 Å². The van der Waals surface area contributed by atoms with E-state index < -0.39 is 0 Å². The number of hydrogen-bond acceptors (Lipinski definition) is 4. The molecule has 2 rings (SSSR count). The summed E-state index contributed by atoms with van der Waals surface area (Å²) in [6.45, 7) is 4.15. The molecule has 16 heavy (non-hydrogen) atoms. The molecule has 0 bridgehead atoms. The first-order valence-corrected chi connectivity index (χ1v) is 7.14. The second kappa shape index (κ2) is 5.01. The molecule has 0 atom stereocenters. The van der Waals surface area contributed by atoms with Crippen molar-refractivity contribution in [1.82, 2.24) is 9.97 Å². The van der Waals surface area contributed by atoms with Gasteiger partial charge in [-0.15, -0.1) is 11.3 Å². The summed E-state index contributed by atoms with van der Waals surface area (Å²) >= 11 is 3.20. The van der Waals surface area contributed by atoms with Crippen molar-refractivity contribution >= 4 is 33.3 Å². The van der Waals surface area contributed by atoms with E-state index in [1.165, 1.54) is 0 Å². The largest absolute Gasteiger partial charge is 0.301 e. The fraction of sp³-hybridized carbons (Fsp3) is 0.455. The third-order valence-electron chi connectivity index (χ3n) is 2.24. The number of H-pyrrole nitrogens is 1. The Morgan fingerprint density at radius 1 is 1.56 bits per heavy atom. The number of unbranched alkanes of at least 4 members (excludes halogenated alkanes) is 1. The lowest BCUT2D eigenvalue weighted by molar-refractivity contribution is 0.889. The van der Waals surface area contributed by atoms with Crippen molar-refractivity contribution in [1.29, 1.82) is 0 Å². The zero-order valence-corrected chi connectivity index (χ0v) is 11.0. The number of aryl methyl sites for hydroxylation is 1. The molecule has 1 N–H and O–H groups in total. The Balaban J connectivity index is 2.30. The minimum absolute atomic E-state index is 0.0200. The number of fused-ring (bicyclic) bond motifs is 1. The van der Waals surface area contributed by atoms with Gasteiger partial charge in [-0.3, -0.25) is 4.79 Å². The van der Waals surface area contributed by atoms with Crippen LogP contribution >= 0.6 is 23.1 Å². The summed E-state index contributed by atoms with van der Waals surface area (Å²) in [6.07, 6.45) is 2.31. The van der Waals surface area contributed by atoms with Crippen LogP contribution in [-0.2, 0) is 0 Å². The van der Waals surface area contributed by atoms with Crippen molar-refractivity contribution in [3.05, 3.63) is 21.3 Å². The Morgan fingerprint density at radius 3 is 3.12 bits per heavy atom. The van der Waals surface area contributed by atoms with Crippen molar-refractivity contribution < 1.29 is 0 Å². The molecule has 0 radical (unpaired) electrons. The molecule has 0 aromatic carbocycles. The number of thiophene rings is 1. The summed E-state index contributed by atoms with van der Waals surface area (Å²) in [4.78, 5) is 21.0. The first-order valence-electron chi connectivity index (χ1n) is 5.34. The summed E-state index contributed by atoms with van der Waals surface area (Å²) in [5.74, 6) is 1.01. The second-order valence-corrected chi connectivity index (χ2v) is 5.97. The van der Waals surface area contributed by atoms with Crippen LogP contribution in [0.3, 0.4) is 0 Å². The van der Waals surface area contributed by atoms with Crippen LogP contribution in [0.15, 0.2) is 16.0 Å². The quantitative estimate of drug-likeness (QED) is 0.518. The SMILES string of the molecule is CCCCSc1nc2sc(C)cc2c(=O)[nH]1. The van der Waals surface area contributed by atoms with E-state index in [-0.39, 0.29) is 5.56 Å². The number of rotatable bonds is 4.